The molecule has 1 aromatic heterocycles. The van der Waals surface area contributed by atoms with Crippen LogP contribution in [-0.2, 0) is 0 Å². The molecule has 0 amide bonds. The van der Waals surface area contributed by atoms with Crippen LogP contribution in [0, 0.1) is 0 Å². The van der Waals surface area contributed by atoms with Crippen molar-refractivity contribution in [2.24, 2.45) is 5.73 Å². The van der Waals surface area contributed by atoms with Crippen LogP contribution in [0.25, 0.3) is 0 Å². The molecular weight excluding hydrogens is 212 g/mol. The largest absolute Gasteiger partial charge is 0.363 e. The predicted octanol–water partition coefficient (Wildman–Crippen LogP) is 2.53. The van der Waals surface area contributed by atoms with Crippen molar-refractivity contribution >= 4 is 5.82 Å². The van der Waals surface area contributed by atoms with Gasteiger partial charge in [-0.3, -0.25) is 0 Å². The third-order valence-electron chi connectivity index (χ3n) is 3.42. The Balaban J connectivity index is 2.90. The van der Waals surface area contributed by atoms with Gasteiger partial charge in [0.1, 0.15) is 12.1 Å². The highest BCUT2D eigenvalue weighted by atomic mass is 15.1. The zero-order chi connectivity index (χ0) is 12.9. The van der Waals surface area contributed by atoms with Gasteiger partial charge in [0.2, 0.25) is 0 Å². The van der Waals surface area contributed by atoms with Crippen molar-refractivity contribution < 1.29 is 0 Å². The highest BCUT2D eigenvalue weighted by Crippen LogP contribution is 2.21. The Morgan fingerprint density at radius 2 is 1.94 bits per heavy atom. The normalized spacial score (nSPS) is 11.9. The second-order valence-corrected chi connectivity index (χ2v) is 4.80. The highest BCUT2D eigenvalue weighted by molar-refractivity contribution is 5.39. The molecule has 0 radical (unpaired) electrons. The fourth-order valence-electron chi connectivity index (χ4n) is 1.79. The van der Waals surface area contributed by atoms with E-state index in [1.54, 1.807) is 6.33 Å². The van der Waals surface area contributed by atoms with Crippen molar-refractivity contribution in [1.82, 2.24) is 9.97 Å². The molecule has 4 nitrogen and oxygen atoms in total. The van der Waals surface area contributed by atoms with Crippen LogP contribution in [0.5, 0.6) is 0 Å². The molecule has 0 aliphatic carbocycles. The molecule has 0 saturated heterocycles. The van der Waals surface area contributed by atoms with Crippen LogP contribution in [0.15, 0.2) is 12.4 Å². The molecule has 0 aliphatic rings. The first-order valence-corrected chi connectivity index (χ1v) is 6.37. The second kappa shape index (κ2) is 5.96. The van der Waals surface area contributed by atoms with Gasteiger partial charge in [-0.25, -0.2) is 9.97 Å². The minimum atomic E-state index is -0.0530. The number of hydrogen-bond acceptors (Lipinski definition) is 4. The van der Waals surface area contributed by atoms with Crippen molar-refractivity contribution in [3.05, 3.63) is 18.1 Å². The maximum Gasteiger partial charge on any atom is 0.130 e. The number of nitrogens with zero attached hydrogens (tertiary/aromatic N) is 2. The average Bonchev–Trinajstić information content (AvgIpc) is 2.36. The Bertz CT molecular complexity index is 337. The molecule has 96 valence electrons. The molecule has 1 heterocycles. The van der Waals surface area contributed by atoms with E-state index in [-0.39, 0.29) is 5.54 Å². The number of hydrogen-bond donors (Lipinski definition) is 2. The third kappa shape index (κ3) is 3.40. The smallest absolute Gasteiger partial charge is 0.130 e. The maximum atomic E-state index is 5.87. The summed E-state index contributed by atoms with van der Waals surface area (Å²) >= 11 is 0. The fourth-order valence-corrected chi connectivity index (χ4v) is 1.79. The topological polar surface area (TPSA) is 63.8 Å². The van der Waals surface area contributed by atoms with Crippen LogP contribution in [0.4, 0.5) is 5.82 Å². The van der Waals surface area contributed by atoms with E-state index >= 15 is 0 Å². The van der Waals surface area contributed by atoms with Crippen molar-refractivity contribution in [3.8, 4) is 0 Å². The summed E-state index contributed by atoms with van der Waals surface area (Å²) in [7, 11) is 0. The minimum Gasteiger partial charge on any atom is -0.363 e. The van der Waals surface area contributed by atoms with Crippen molar-refractivity contribution in [2.75, 3.05) is 11.9 Å². The summed E-state index contributed by atoms with van der Waals surface area (Å²) in [6.07, 6.45) is 3.59. The molecule has 1 aromatic rings. The number of nitrogens with two attached hydrogens (primary N) is 1. The van der Waals surface area contributed by atoms with E-state index < -0.39 is 0 Å². The molecule has 0 bridgehead atoms. The van der Waals surface area contributed by atoms with Gasteiger partial charge in [0, 0.05) is 18.3 Å². The fraction of sp³-hybridized carbons (Fsp3) is 0.692. The standard InChI is InChI=1S/C13H24N4/c1-5-13(6-2,8-14)17-12-7-11(10(3)4)15-9-16-12/h7,9-10H,5-6,8,14H2,1-4H3,(H,15,16,17). The van der Waals surface area contributed by atoms with Crippen LogP contribution in [0.2, 0.25) is 0 Å². The zero-order valence-electron chi connectivity index (χ0n) is 11.3. The van der Waals surface area contributed by atoms with E-state index in [1.165, 1.54) is 0 Å². The van der Waals surface area contributed by atoms with Gasteiger partial charge in [-0.15, -0.1) is 0 Å². The van der Waals surface area contributed by atoms with Crippen LogP contribution in [0.3, 0.4) is 0 Å². The lowest BCUT2D eigenvalue weighted by molar-refractivity contribution is 0.443. The van der Waals surface area contributed by atoms with Crippen LogP contribution >= 0.6 is 0 Å². The molecule has 0 unspecified atom stereocenters. The van der Waals surface area contributed by atoms with Gasteiger partial charge >= 0.3 is 0 Å². The summed E-state index contributed by atoms with van der Waals surface area (Å²) < 4.78 is 0. The number of rotatable bonds is 6. The number of nitrogens with one attached hydrogen (secondary N) is 1. The summed E-state index contributed by atoms with van der Waals surface area (Å²) in [4.78, 5) is 8.54. The summed E-state index contributed by atoms with van der Waals surface area (Å²) in [6, 6.07) is 2.01. The second-order valence-electron chi connectivity index (χ2n) is 4.80. The SMILES string of the molecule is CCC(CC)(CN)Nc1cc(C(C)C)ncn1. The molecule has 0 atom stereocenters. The van der Waals surface area contributed by atoms with Crippen LogP contribution in [0.1, 0.15) is 52.1 Å². The molecule has 0 aromatic carbocycles. The summed E-state index contributed by atoms with van der Waals surface area (Å²) in [5, 5.41) is 3.46. The molecule has 0 fully saturated rings. The summed E-state index contributed by atoms with van der Waals surface area (Å²) in [5.41, 5.74) is 6.87. The molecule has 0 spiro atoms. The van der Waals surface area contributed by atoms with Gasteiger partial charge in [-0.1, -0.05) is 27.7 Å². The van der Waals surface area contributed by atoms with Crippen LogP contribution < -0.4 is 11.1 Å². The van der Waals surface area contributed by atoms with Crippen molar-refractivity contribution in [3.63, 3.8) is 0 Å². The lowest BCUT2D eigenvalue weighted by Gasteiger charge is -2.32. The van der Waals surface area contributed by atoms with E-state index in [1.807, 2.05) is 6.07 Å². The van der Waals surface area contributed by atoms with E-state index in [0.717, 1.165) is 24.4 Å². The van der Waals surface area contributed by atoms with Gasteiger partial charge in [-0.05, 0) is 18.8 Å². The first-order chi connectivity index (χ1) is 8.06. The lowest BCUT2D eigenvalue weighted by atomic mass is 9.93. The highest BCUT2D eigenvalue weighted by Gasteiger charge is 2.24. The van der Waals surface area contributed by atoms with Crippen molar-refractivity contribution in [2.45, 2.75) is 52.0 Å². The Morgan fingerprint density at radius 3 is 2.41 bits per heavy atom. The minimum absolute atomic E-state index is 0.0530. The number of aromatic nitrogens is 2. The Kier molecular flexibility index (Phi) is 4.87. The first kappa shape index (κ1) is 13.9. The zero-order valence-corrected chi connectivity index (χ0v) is 11.3. The monoisotopic (exact) mass is 236 g/mol. The van der Waals surface area contributed by atoms with E-state index in [9.17, 15) is 0 Å². The Hall–Kier alpha value is -1.16. The predicted molar refractivity (Wildman–Crippen MR) is 72.1 cm³/mol. The van der Waals surface area contributed by atoms with E-state index in [2.05, 4.69) is 43.0 Å². The average molecular weight is 236 g/mol. The maximum absolute atomic E-state index is 5.87. The van der Waals surface area contributed by atoms with E-state index in [4.69, 9.17) is 5.73 Å². The van der Waals surface area contributed by atoms with E-state index in [0.29, 0.717) is 12.5 Å². The molecule has 0 saturated carbocycles. The first-order valence-electron chi connectivity index (χ1n) is 6.37. The van der Waals surface area contributed by atoms with Gasteiger partial charge in [0.05, 0.1) is 5.54 Å². The lowest BCUT2D eigenvalue weighted by Crippen LogP contribution is -2.44. The van der Waals surface area contributed by atoms with Gasteiger partial charge in [0.15, 0.2) is 0 Å². The Labute approximate surface area is 104 Å². The van der Waals surface area contributed by atoms with Crippen LogP contribution in [-0.4, -0.2) is 22.1 Å². The molecule has 4 heteroatoms. The summed E-state index contributed by atoms with van der Waals surface area (Å²) in [5.74, 6) is 1.28. The molecular formula is C13H24N4. The third-order valence-corrected chi connectivity index (χ3v) is 3.42. The van der Waals surface area contributed by atoms with Gasteiger partial charge in [-0.2, -0.15) is 0 Å². The quantitative estimate of drug-likeness (QED) is 0.796. The molecule has 17 heavy (non-hydrogen) atoms. The van der Waals surface area contributed by atoms with Gasteiger partial charge < -0.3 is 11.1 Å². The molecule has 1 rings (SSSR count). The summed E-state index contributed by atoms with van der Waals surface area (Å²) in [6.45, 7) is 9.16. The van der Waals surface area contributed by atoms with Gasteiger partial charge in [0.25, 0.3) is 0 Å². The molecule has 0 aliphatic heterocycles. The molecule has 3 N–H and O–H groups in total. The van der Waals surface area contributed by atoms with Crippen molar-refractivity contribution in [1.29, 1.82) is 0 Å². The number of anilines is 1. The Morgan fingerprint density at radius 1 is 1.29 bits per heavy atom.